The van der Waals surface area contributed by atoms with Crippen LogP contribution < -0.4 is 19.7 Å². The van der Waals surface area contributed by atoms with Crippen LogP contribution in [-0.2, 0) is 22.6 Å². The smallest absolute Gasteiger partial charge is 0.244 e. The number of amides is 1. The van der Waals surface area contributed by atoms with Crippen molar-refractivity contribution in [3.63, 3.8) is 0 Å². The molecule has 0 radical (unpaired) electrons. The Morgan fingerprint density at radius 3 is 2.59 bits per heavy atom. The van der Waals surface area contributed by atoms with E-state index in [2.05, 4.69) is 23.5 Å². The van der Waals surface area contributed by atoms with E-state index in [1.54, 1.807) is 26.4 Å². The van der Waals surface area contributed by atoms with Crippen LogP contribution in [0.3, 0.4) is 0 Å². The monoisotopic (exact) mass is 397 g/mol. The third-order valence-electron chi connectivity index (χ3n) is 5.07. The summed E-state index contributed by atoms with van der Waals surface area (Å²) in [4.78, 5) is 13.8. The Morgan fingerprint density at radius 1 is 1.10 bits per heavy atom. The topological polar surface area (TPSA) is 61.2 Å². The molecular weight excluding hydrogens is 368 g/mol. The number of rotatable bonds is 8. The van der Waals surface area contributed by atoms with Crippen molar-refractivity contribution >= 4 is 12.0 Å². The fraction of sp³-hybridized carbons (Fsp3) is 0.348. The highest BCUT2D eigenvalue weighted by molar-refractivity contribution is 5.92. The van der Waals surface area contributed by atoms with E-state index in [1.165, 1.54) is 16.5 Å². The van der Waals surface area contributed by atoms with Crippen LogP contribution in [0.5, 0.6) is 11.5 Å². The summed E-state index contributed by atoms with van der Waals surface area (Å²) in [6.07, 6.45) is 3.28. The van der Waals surface area contributed by atoms with Gasteiger partial charge in [0.2, 0.25) is 5.91 Å². The molecule has 2 aromatic carbocycles. The van der Waals surface area contributed by atoms with Gasteiger partial charge in [0, 0.05) is 29.8 Å². The summed E-state index contributed by atoms with van der Waals surface area (Å²) in [5.74, 6) is 1.23. The maximum atomic E-state index is 12.3. The fourth-order valence-electron chi connectivity index (χ4n) is 3.37. The molecule has 2 aromatic rings. The maximum absolute atomic E-state index is 12.3. The Labute approximate surface area is 172 Å². The number of ether oxygens (including phenoxy) is 3. The summed E-state index contributed by atoms with van der Waals surface area (Å²) >= 11 is 0. The molecular formula is C23H29N2O4+. The first-order valence-electron chi connectivity index (χ1n) is 9.85. The molecule has 29 heavy (non-hydrogen) atoms. The van der Waals surface area contributed by atoms with Gasteiger partial charge in [0.1, 0.15) is 31.1 Å². The SMILES string of the molecule is COc1ccc(/C=C/C(=O)NCc2ccccc2C[NH+]2CCOCC2)c(OC)c1. The molecule has 1 saturated heterocycles. The van der Waals surface area contributed by atoms with Gasteiger partial charge in [0.05, 0.1) is 27.4 Å². The van der Waals surface area contributed by atoms with Crippen LogP contribution in [0.4, 0.5) is 0 Å². The van der Waals surface area contributed by atoms with Gasteiger partial charge in [-0.2, -0.15) is 0 Å². The van der Waals surface area contributed by atoms with Crippen LogP contribution in [0.15, 0.2) is 48.5 Å². The molecule has 154 valence electrons. The molecule has 0 aliphatic carbocycles. The standard InChI is InChI=1S/C23H28N2O4/c1-27-21-9-7-18(22(15-21)28-2)8-10-23(26)24-16-19-5-3-4-6-20(19)17-25-11-13-29-14-12-25/h3-10,15H,11-14,16-17H2,1-2H3,(H,24,26)/p+1/b10-8+. The lowest BCUT2D eigenvalue weighted by Crippen LogP contribution is -3.12. The maximum Gasteiger partial charge on any atom is 0.244 e. The van der Waals surface area contributed by atoms with Gasteiger partial charge in [0.25, 0.3) is 0 Å². The predicted molar refractivity (Wildman–Crippen MR) is 112 cm³/mol. The van der Waals surface area contributed by atoms with E-state index in [4.69, 9.17) is 14.2 Å². The lowest BCUT2D eigenvalue weighted by Gasteiger charge is -2.24. The molecule has 0 atom stereocenters. The lowest BCUT2D eigenvalue weighted by atomic mass is 10.1. The summed E-state index contributed by atoms with van der Waals surface area (Å²) < 4.78 is 16.0. The Hall–Kier alpha value is -2.83. The quantitative estimate of drug-likeness (QED) is 0.662. The minimum Gasteiger partial charge on any atom is -0.497 e. The number of hydrogen-bond acceptors (Lipinski definition) is 4. The van der Waals surface area contributed by atoms with E-state index < -0.39 is 0 Å². The van der Waals surface area contributed by atoms with Crippen molar-refractivity contribution in [2.45, 2.75) is 13.1 Å². The molecule has 0 aromatic heterocycles. The average molecular weight is 397 g/mol. The summed E-state index contributed by atoms with van der Waals surface area (Å²) in [5.41, 5.74) is 3.24. The van der Waals surface area contributed by atoms with Crippen molar-refractivity contribution in [1.82, 2.24) is 5.32 Å². The van der Waals surface area contributed by atoms with Gasteiger partial charge in [0.15, 0.2) is 0 Å². The zero-order valence-electron chi connectivity index (χ0n) is 17.1. The zero-order chi connectivity index (χ0) is 20.5. The summed E-state index contributed by atoms with van der Waals surface area (Å²) in [7, 11) is 3.20. The first-order valence-corrected chi connectivity index (χ1v) is 9.85. The summed E-state index contributed by atoms with van der Waals surface area (Å²) in [6, 6.07) is 13.8. The van der Waals surface area contributed by atoms with E-state index in [1.807, 2.05) is 18.2 Å². The molecule has 0 spiro atoms. The van der Waals surface area contributed by atoms with Crippen molar-refractivity contribution in [2.75, 3.05) is 40.5 Å². The number of carbonyl (C=O) groups is 1. The highest BCUT2D eigenvalue weighted by Gasteiger charge is 2.16. The van der Waals surface area contributed by atoms with Crippen molar-refractivity contribution in [1.29, 1.82) is 0 Å². The predicted octanol–water partition coefficient (Wildman–Crippen LogP) is 1.45. The Kier molecular flexibility index (Phi) is 7.67. The van der Waals surface area contributed by atoms with E-state index in [0.29, 0.717) is 18.0 Å². The molecule has 1 amide bonds. The lowest BCUT2D eigenvalue weighted by molar-refractivity contribution is -0.921. The van der Waals surface area contributed by atoms with Crippen LogP contribution >= 0.6 is 0 Å². The Morgan fingerprint density at radius 2 is 1.86 bits per heavy atom. The zero-order valence-corrected chi connectivity index (χ0v) is 17.1. The summed E-state index contributed by atoms with van der Waals surface area (Å²) in [6.45, 7) is 5.12. The van der Waals surface area contributed by atoms with Crippen LogP contribution in [-0.4, -0.2) is 46.4 Å². The number of benzene rings is 2. The van der Waals surface area contributed by atoms with Crippen molar-refractivity contribution in [3.05, 3.63) is 65.2 Å². The van der Waals surface area contributed by atoms with Crippen molar-refractivity contribution < 1.29 is 23.9 Å². The number of hydrogen-bond donors (Lipinski definition) is 2. The molecule has 3 rings (SSSR count). The van der Waals surface area contributed by atoms with Gasteiger partial charge in [-0.1, -0.05) is 24.3 Å². The Balaban J connectivity index is 1.59. The number of methoxy groups -OCH3 is 2. The molecule has 1 aliphatic heterocycles. The highest BCUT2D eigenvalue weighted by Crippen LogP contribution is 2.25. The van der Waals surface area contributed by atoms with Gasteiger partial charge in [-0.05, 0) is 23.8 Å². The second kappa shape index (κ2) is 10.6. The first-order chi connectivity index (χ1) is 14.2. The first kappa shape index (κ1) is 20.9. The minimum atomic E-state index is -0.142. The van der Waals surface area contributed by atoms with Crippen molar-refractivity contribution in [2.24, 2.45) is 0 Å². The average Bonchev–Trinajstić information content (AvgIpc) is 2.77. The van der Waals surface area contributed by atoms with Gasteiger partial charge < -0.3 is 24.4 Å². The molecule has 6 nitrogen and oxygen atoms in total. The molecule has 6 heteroatoms. The number of quaternary nitrogens is 1. The number of carbonyl (C=O) groups excluding carboxylic acids is 1. The number of morpholine rings is 1. The largest absolute Gasteiger partial charge is 0.497 e. The molecule has 2 N–H and O–H groups in total. The van der Waals surface area contributed by atoms with Crippen LogP contribution in [0.2, 0.25) is 0 Å². The van der Waals surface area contributed by atoms with Gasteiger partial charge >= 0.3 is 0 Å². The van der Waals surface area contributed by atoms with E-state index in [-0.39, 0.29) is 5.91 Å². The Bertz CT molecular complexity index is 845. The molecule has 0 unspecified atom stereocenters. The minimum absolute atomic E-state index is 0.142. The normalized spacial score (nSPS) is 14.7. The second-order valence-electron chi connectivity index (χ2n) is 6.97. The van der Waals surface area contributed by atoms with Crippen LogP contribution in [0.25, 0.3) is 6.08 Å². The second-order valence-corrected chi connectivity index (χ2v) is 6.97. The molecule has 0 saturated carbocycles. The molecule has 1 fully saturated rings. The van der Waals surface area contributed by atoms with Crippen molar-refractivity contribution in [3.8, 4) is 11.5 Å². The van der Waals surface area contributed by atoms with Crippen LogP contribution in [0, 0.1) is 0 Å². The van der Waals surface area contributed by atoms with E-state index >= 15 is 0 Å². The third kappa shape index (κ3) is 6.07. The summed E-state index contributed by atoms with van der Waals surface area (Å²) in [5, 5.41) is 2.98. The molecule has 0 bridgehead atoms. The van der Waals surface area contributed by atoms with E-state index in [9.17, 15) is 4.79 Å². The number of nitrogens with one attached hydrogen (secondary N) is 2. The fourth-order valence-corrected chi connectivity index (χ4v) is 3.37. The van der Waals surface area contributed by atoms with Gasteiger partial charge in [-0.25, -0.2) is 0 Å². The van der Waals surface area contributed by atoms with Crippen LogP contribution in [0.1, 0.15) is 16.7 Å². The highest BCUT2D eigenvalue weighted by atomic mass is 16.5. The van der Waals surface area contributed by atoms with Gasteiger partial charge in [-0.3, -0.25) is 4.79 Å². The van der Waals surface area contributed by atoms with Gasteiger partial charge in [-0.15, -0.1) is 0 Å². The molecule has 1 heterocycles. The molecule has 1 aliphatic rings. The van der Waals surface area contributed by atoms with E-state index in [0.717, 1.165) is 44.0 Å². The third-order valence-corrected chi connectivity index (χ3v) is 5.07.